The number of hydrogen-bond donors (Lipinski definition) is 1. The summed E-state index contributed by atoms with van der Waals surface area (Å²) in [5.74, 6) is -1.62. The molecule has 0 aliphatic carbocycles. The largest absolute Gasteiger partial charge is 0.393 e. The van der Waals surface area contributed by atoms with Gasteiger partial charge < -0.3 is 5.73 Å². The zero-order valence-corrected chi connectivity index (χ0v) is 8.55. The predicted molar refractivity (Wildman–Crippen MR) is 51.4 cm³/mol. The molecule has 2 N–H and O–H groups in total. The van der Waals surface area contributed by atoms with E-state index in [2.05, 4.69) is 9.97 Å². The van der Waals surface area contributed by atoms with Crippen LogP contribution in [0.3, 0.4) is 0 Å². The average Bonchev–Trinajstić information content (AvgIpc) is 2.18. The van der Waals surface area contributed by atoms with Crippen molar-refractivity contribution in [3.63, 3.8) is 0 Å². The van der Waals surface area contributed by atoms with Crippen molar-refractivity contribution in [1.82, 2.24) is 9.97 Å². The fraction of sp³-hybridized carbons (Fsp3) is 0.500. The highest BCUT2D eigenvalue weighted by Crippen LogP contribution is 2.30. The second kappa shape index (κ2) is 5.32. The van der Waals surface area contributed by atoms with Crippen LogP contribution in [0.4, 0.5) is 13.2 Å². The summed E-state index contributed by atoms with van der Waals surface area (Å²) in [4.78, 5) is 7.61. The van der Waals surface area contributed by atoms with E-state index in [0.29, 0.717) is 5.03 Å². The minimum Gasteiger partial charge on any atom is -0.330 e. The normalized spacial score (nSPS) is 13.9. The molecule has 15 heavy (non-hydrogen) atoms. The van der Waals surface area contributed by atoms with Crippen molar-refractivity contribution in [2.75, 3.05) is 12.3 Å². The third kappa shape index (κ3) is 4.05. The first-order valence-corrected chi connectivity index (χ1v) is 5.18. The zero-order valence-electron chi connectivity index (χ0n) is 7.74. The molecule has 0 spiro atoms. The van der Waals surface area contributed by atoms with Crippen molar-refractivity contribution in [1.29, 1.82) is 0 Å². The molecule has 0 amide bonds. The number of halogens is 3. The third-order valence-corrected chi connectivity index (χ3v) is 2.79. The van der Waals surface area contributed by atoms with E-state index in [4.69, 9.17) is 5.73 Å². The number of rotatable bonds is 4. The molecule has 1 aromatic rings. The van der Waals surface area contributed by atoms with Gasteiger partial charge in [-0.05, 0) is 0 Å². The lowest BCUT2D eigenvalue weighted by atomic mass is 10.2. The summed E-state index contributed by atoms with van der Waals surface area (Å²) < 4.78 is 36.9. The number of hydrogen-bond acceptors (Lipinski definition) is 4. The molecule has 84 valence electrons. The molecule has 1 rings (SSSR count). The van der Waals surface area contributed by atoms with Gasteiger partial charge in [-0.1, -0.05) is 0 Å². The molecule has 3 nitrogen and oxygen atoms in total. The van der Waals surface area contributed by atoms with E-state index in [9.17, 15) is 13.2 Å². The lowest BCUT2D eigenvalue weighted by Crippen LogP contribution is -2.32. The van der Waals surface area contributed by atoms with Crippen LogP contribution in [-0.4, -0.2) is 28.4 Å². The van der Waals surface area contributed by atoms with Crippen LogP contribution in [0.15, 0.2) is 23.6 Å². The highest BCUT2D eigenvalue weighted by Gasteiger charge is 2.38. The van der Waals surface area contributed by atoms with Gasteiger partial charge in [0.1, 0.15) is 5.03 Å². The molecular weight excluding hydrogens is 227 g/mol. The minimum absolute atomic E-state index is 0.126. The monoisotopic (exact) mass is 237 g/mol. The molecular formula is C8H10F3N3S. The minimum atomic E-state index is -4.25. The number of nitrogens with two attached hydrogens (primary N) is 1. The van der Waals surface area contributed by atoms with Gasteiger partial charge in [0.15, 0.2) is 0 Å². The Morgan fingerprint density at radius 3 is 2.60 bits per heavy atom. The highest BCUT2D eigenvalue weighted by molar-refractivity contribution is 7.99. The van der Waals surface area contributed by atoms with Crippen molar-refractivity contribution >= 4 is 11.8 Å². The van der Waals surface area contributed by atoms with E-state index in [-0.39, 0.29) is 5.75 Å². The summed E-state index contributed by atoms with van der Waals surface area (Å²) in [5.41, 5.74) is 5.05. The summed E-state index contributed by atoms with van der Waals surface area (Å²) >= 11 is 1.01. The van der Waals surface area contributed by atoms with E-state index in [1.807, 2.05) is 0 Å². The van der Waals surface area contributed by atoms with Crippen LogP contribution in [0.1, 0.15) is 0 Å². The Morgan fingerprint density at radius 2 is 2.13 bits per heavy atom. The Labute approximate surface area is 89.3 Å². The maximum absolute atomic E-state index is 12.3. The number of alkyl halides is 3. The van der Waals surface area contributed by atoms with E-state index < -0.39 is 18.6 Å². The average molecular weight is 237 g/mol. The maximum Gasteiger partial charge on any atom is 0.393 e. The fourth-order valence-corrected chi connectivity index (χ4v) is 1.81. The first-order valence-electron chi connectivity index (χ1n) is 4.19. The Morgan fingerprint density at radius 1 is 1.40 bits per heavy atom. The van der Waals surface area contributed by atoms with Crippen molar-refractivity contribution < 1.29 is 13.2 Å². The fourth-order valence-electron chi connectivity index (χ4n) is 0.842. The molecule has 7 heteroatoms. The van der Waals surface area contributed by atoms with Crippen LogP contribution in [0.2, 0.25) is 0 Å². The maximum atomic E-state index is 12.3. The van der Waals surface area contributed by atoms with Crippen molar-refractivity contribution in [2.24, 2.45) is 11.7 Å². The van der Waals surface area contributed by atoms with Gasteiger partial charge in [-0.25, -0.2) is 4.98 Å². The van der Waals surface area contributed by atoms with Crippen LogP contribution in [0.5, 0.6) is 0 Å². The second-order valence-corrected chi connectivity index (χ2v) is 3.87. The Balaban J connectivity index is 2.49. The predicted octanol–water partition coefficient (Wildman–Crippen LogP) is 1.71. The zero-order chi connectivity index (χ0) is 11.3. The lowest BCUT2D eigenvalue weighted by Gasteiger charge is -2.17. The Bertz CT molecular complexity index is 291. The summed E-state index contributed by atoms with van der Waals surface area (Å²) in [6, 6.07) is 0. The van der Waals surface area contributed by atoms with Gasteiger partial charge in [0.05, 0.1) is 12.1 Å². The van der Waals surface area contributed by atoms with Crippen LogP contribution >= 0.6 is 11.8 Å². The SMILES string of the molecule is NCC(CSc1cnccn1)C(F)(F)F. The Kier molecular flexibility index (Phi) is 4.34. The molecule has 0 saturated heterocycles. The van der Waals surface area contributed by atoms with Crippen LogP contribution in [0, 0.1) is 5.92 Å². The van der Waals surface area contributed by atoms with Crippen LogP contribution in [0.25, 0.3) is 0 Å². The van der Waals surface area contributed by atoms with Crippen LogP contribution < -0.4 is 5.73 Å². The molecule has 1 heterocycles. The quantitative estimate of drug-likeness (QED) is 0.810. The van der Waals surface area contributed by atoms with Crippen molar-refractivity contribution in [3.05, 3.63) is 18.6 Å². The van der Waals surface area contributed by atoms with E-state index in [1.165, 1.54) is 18.6 Å². The van der Waals surface area contributed by atoms with Crippen molar-refractivity contribution in [2.45, 2.75) is 11.2 Å². The number of nitrogens with zero attached hydrogens (tertiary/aromatic N) is 2. The molecule has 1 atom stereocenters. The first-order chi connectivity index (χ1) is 7.04. The van der Waals surface area contributed by atoms with Crippen molar-refractivity contribution in [3.8, 4) is 0 Å². The van der Waals surface area contributed by atoms with E-state index >= 15 is 0 Å². The van der Waals surface area contributed by atoms with Crippen LogP contribution in [-0.2, 0) is 0 Å². The third-order valence-electron chi connectivity index (χ3n) is 1.72. The van der Waals surface area contributed by atoms with Gasteiger partial charge in [0, 0.05) is 24.7 Å². The first kappa shape index (κ1) is 12.3. The smallest absolute Gasteiger partial charge is 0.330 e. The van der Waals surface area contributed by atoms with Gasteiger partial charge in [-0.2, -0.15) is 13.2 Å². The lowest BCUT2D eigenvalue weighted by molar-refractivity contribution is -0.165. The summed E-state index contributed by atoms with van der Waals surface area (Å²) in [6.07, 6.45) is 0.0835. The molecule has 0 fully saturated rings. The summed E-state index contributed by atoms with van der Waals surface area (Å²) in [7, 11) is 0. The van der Waals surface area contributed by atoms with Gasteiger partial charge in [-0.15, -0.1) is 11.8 Å². The molecule has 0 aliphatic heterocycles. The standard InChI is InChI=1S/C8H10F3N3S/c9-8(10,11)6(3-12)5-15-7-4-13-1-2-14-7/h1-2,4,6H,3,5,12H2. The molecule has 0 bridgehead atoms. The highest BCUT2D eigenvalue weighted by atomic mass is 32.2. The molecule has 1 unspecified atom stereocenters. The number of thioether (sulfide) groups is 1. The molecule has 1 aromatic heterocycles. The number of aromatic nitrogens is 2. The summed E-state index contributed by atoms with van der Waals surface area (Å²) in [6.45, 7) is -0.406. The molecule has 0 saturated carbocycles. The van der Waals surface area contributed by atoms with Gasteiger partial charge in [0.25, 0.3) is 0 Å². The van der Waals surface area contributed by atoms with Gasteiger partial charge in [0.2, 0.25) is 0 Å². The molecule has 0 aliphatic rings. The second-order valence-electron chi connectivity index (χ2n) is 2.83. The van der Waals surface area contributed by atoms with E-state index in [0.717, 1.165) is 11.8 Å². The molecule has 0 radical (unpaired) electrons. The Hall–Kier alpha value is -0.820. The van der Waals surface area contributed by atoms with Gasteiger partial charge >= 0.3 is 6.18 Å². The van der Waals surface area contributed by atoms with Gasteiger partial charge in [-0.3, -0.25) is 4.98 Å². The molecule has 0 aromatic carbocycles. The topological polar surface area (TPSA) is 51.8 Å². The summed E-state index contributed by atoms with van der Waals surface area (Å²) in [5, 5.41) is 0.472. The van der Waals surface area contributed by atoms with E-state index in [1.54, 1.807) is 0 Å².